The summed E-state index contributed by atoms with van der Waals surface area (Å²) in [4.78, 5) is -0.205. The average molecular weight is 343 g/mol. The number of sulfone groups is 1. The van der Waals surface area contributed by atoms with Crippen LogP contribution in [0.4, 0.5) is 0 Å². The highest BCUT2D eigenvalue weighted by atomic mass is 79.9. The van der Waals surface area contributed by atoms with Crippen molar-refractivity contribution >= 4 is 25.8 Å². The summed E-state index contributed by atoms with van der Waals surface area (Å²) in [5.41, 5.74) is -0.308. The van der Waals surface area contributed by atoms with Gasteiger partial charge < -0.3 is 5.32 Å². The molecule has 0 aliphatic heterocycles. The first kappa shape index (κ1) is 15.7. The Hall–Kier alpha value is -1.32. The van der Waals surface area contributed by atoms with E-state index in [1.54, 1.807) is 18.2 Å². The van der Waals surface area contributed by atoms with Crippen LogP contribution in [0.3, 0.4) is 0 Å². The number of nitriles is 1. The van der Waals surface area contributed by atoms with Crippen molar-refractivity contribution in [3.8, 4) is 6.07 Å². The first-order chi connectivity index (χ1) is 8.66. The topological polar surface area (TPSA) is 70.0 Å². The molecule has 0 heterocycles. The number of allylic oxidation sites excluding steroid dienone is 1. The lowest BCUT2D eigenvalue weighted by Crippen LogP contribution is -2.31. The maximum Gasteiger partial charge on any atom is 0.218 e. The molecule has 0 saturated carbocycles. The van der Waals surface area contributed by atoms with Crippen molar-refractivity contribution in [3.63, 3.8) is 0 Å². The van der Waals surface area contributed by atoms with Gasteiger partial charge in [0.25, 0.3) is 0 Å². The monoisotopic (exact) mass is 342 g/mol. The van der Waals surface area contributed by atoms with Crippen LogP contribution in [-0.4, -0.2) is 14.0 Å². The minimum Gasteiger partial charge on any atom is -0.385 e. The molecule has 0 spiro atoms. The van der Waals surface area contributed by atoms with E-state index in [2.05, 4.69) is 21.2 Å². The summed E-state index contributed by atoms with van der Waals surface area (Å²) in [6.45, 7) is 5.64. The van der Waals surface area contributed by atoms with Crippen molar-refractivity contribution in [2.45, 2.75) is 31.2 Å². The molecule has 19 heavy (non-hydrogen) atoms. The zero-order chi connectivity index (χ0) is 14.7. The summed E-state index contributed by atoms with van der Waals surface area (Å²) in [7, 11) is -3.77. The Morgan fingerprint density at radius 3 is 2.26 bits per heavy atom. The van der Waals surface area contributed by atoms with Crippen molar-refractivity contribution in [1.29, 1.82) is 5.26 Å². The van der Waals surface area contributed by atoms with Gasteiger partial charge in [0.15, 0.2) is 4.91 Å². The molecule has 0 bridgehead atoms. The molecule has 102 valence electrons. The van der Waals surface area contributed by atoms with Crippen molar-refractivity contribution in [2.75, 3.05) is 0 Å². The van der Waals surface area contributed by atoms with E-state index in [0.29, 0.717) is 0 Å². The van der Waals surface area contributed by atoms with Crippen molar-refractivity contribution in [3.05, 3.63) is 39.8 Å². The Bertz CT molecular complexity index is 620. The highest BCUT2D eigenvalue weighted by Gasteiger charge is 2.21. The predicted octanol–water partition coefficient (Wildman–Crippen LogP) is 2.98. The third-order valence-electron chi connectivity index (χ3n) is 2.16. The summed E-state index contributed by atoms with van der Waals surface area (Å²) in [6.07, 6.45) is 1.25. The third kappa shape index (κ3) is 4.37. The van der Waals surface area contributed by atoms with Crippen LogP contribution < -0.4 is 5.32 Å². The van der Waals surface area contributed by atoms with Gasteiger partial charge in [-0.25, -0.2) is 8.42 Å². The van der Waals surface area contributed by atoms with E-state index in [4.69, 9.17) is 5.26 Å². The van der Waals surface area contributed by atoms with Gasteiger partial charge in [0.05, 0.1) is 4.90 Å². The number of benzene rings is 1. The second-order valence-electron chi connectivity index (χ2n) is 4.97. The Morgan fingerprint density at radius 2 is 1.84 bits per heavy atom. The first-order valence-electron chi connectivity index (χ1n) is 5.55. The van der Waals surface area contributed by atoms with Crippen molar-refractivity contribution in [2.24, 2.45) is 0 Å². The Morgan fingerprint density at radius 1 is 1.32 bits per heavy atom. The van der Waals surface area contributed by atoms with Gasteiger partial charge in [-0.05, 0) is 45.0 Å². The van der Waals surface area contributed by atoms with Crippen LogP contribution in [0.2, 0.25) is 0 Å². The molecule has 0 aromatic heterocycles. The van der Waals surface area contributed by atoms with E-state index in [1.807, 2.05) is 20.8 Å². The number of hydrogen-bond acceptors (Lipinski definition) is 4. The zero-order valence-electron chi connectivity index (χ0n) is 10.9. The predicted molar refractivity (Wildman–Crippen MR) is 77.9 cm³/mol. The molecule has 0 unspecified atom stereocenters. The quantitative estimate of drug-likeness (QED) is 0.857. The number of halogens is 1. The largest absolute Gasteiger partial charge is 0.385 e. The third-order valence-corrected chi connectivity index (χ3v) is 4.37. The zero-order valence-corrected chi connectivity index (χ0v) is 13.3. The van der Waals surface area contributed by atoms with Gasteiger partial charge in [-0.2, -0.15) is 5.26 Å². The molecule has 0 atom stereocenters. The van der Waals surface area contributed by atoms with E-state index in [1.165, 1.54) is 18.3 Å². The number of hydrogen-bond donors (Lipinski definition) is 1. The summed E-state index contributed by atoms with van der Waals surface area (Å²) < 4.78 is 25.3. The maximum atomic E-state index is 12.2. The maximum absolute atomic E-state index is 12.2. The minimum atomic E-state index is -3.77. The molecule has 4 nitrogen and oxygen atoms in total. The molecule has 0 fully saturated rings. The SMILES string of the molecule is CC(C)(C)NC=C(C#N)S(=O)(=O)c1ccc(Br)cc1. The second kappa shape index (κ2) is 5.76. The molecular weight excluding hydrogens is 328 g/mol. The molecule has 1 rings (SSSR count). The first-order valence-corrected chi connectivity index (χ1v) is 7.83. The van der Waals surface area contributed by atoms with E-state index >= 15 is 0 Å². The molecule has 6 heteroatoms. The van der Waals surface area contributed by atoms with Gasteiger partial charge in [0.1, 0.15) is 6.07 Å². The summed E-state index contributed by atoms with van der Waals surface area (Å²) >= 11 is 3.24. The van der Waals surface area contributed by atoms with Gasteiger partial charge in [0, 0.05) is 16.2 Å². The normalized spacial score (nSPS) is 12.9. The van der Waals surface area contributed by atoms with Crippen molar-refractivity contribution < 1.29 is 8.42 Å². The molecule has 0 aliphatic carbocycles. The molecular formula is C13H15BrN2O2S. The Labute approximate surface area is 122 Å². The molecule has 0 amide bonds. The standard InChI is InChI=1S/C13H15BrN2O2S/c1-13(2,3)16-9-12(8-15)19(17,18)11-6-4-10(14)5-7-11/h4-7,9,16H,1-3H3. The molecule has 1 aromatic carbocycles. The summed E-state index contributed by atoms with van der Waals surface area (Å²) in [6, 6.07) is 7.90. The molecule has 0 saturated heterocycles. The number of rotatable bonds is 3. The molecule has 1 aromatic rings. The fourth-order valence-corrected chi connectivity index (χ4v) is 2.54. The lowest BCUT2D eigenvalue weighted by molar-refractivity contribution is 0.490. The highest BCUT2D eigenvalue weighted by Crippen LogP contribution is 2.21. The fourth-order valence-electron chi connectivity index (χ4n) is 1.19. The van der Waals surface area contributed by atoms with E-state index in [-0.39, 0.29) is 15.3 Å². The van der Waals surface area contributed by atoms with E-state index in [9.17, 15) is 8.42 Å². The van der Waals surface area contributed by atoms with Gasteiger partial charge in [0.2, 0.25) is 9.84 Å². The molecule has 1 N–H and O–H groups in total. The number of nitrogens with one attached hydrogen (secondary N) is 1. The summed E-state index contributed by atoms with van der Waals surface area (Å²) in [5.74, 6) is 0. The van der Waals surface area contributed by atoms with Crippen LogP contribution in [0, 0.1) is 11.3 Å². The Kier molecular flexibility index (Phi) is 4.77. The fraction of sp³-hybridized carbons (Fsp3) is 0.308. The van der Waals surface area contributed by atoms with Gasteiger partial charge >= 0.3 is 0 Å². The van der Waals surface area contributed by atoms with Gasteiger partial charge in [-0.3, -0.25) is 0 Å². The smallest absolute Gasteiger partial charge is 0.218 e. The van der Waals surface area contributed by atoms with Crippen LogP contribution in [0.1, 0.15) is 20.8 Å². The van der Waals surface area contributed by atoms with Crippen LogP contribution in [0.25, 0.3) is 0 Å². The van der Waals surface area contributed by atoms with E-state index < -0.39 is 9.84 Å². The second-order valence-corrected chi connectivity index (χ2v) is 7.81. The molecule has 0 radical (unpaired) electrons. The van der Waals surface area contributed by atoms with Crippen molar-refractivity contribution in [1.82, 2.24) is 5.32 Å². The minimum absolute atomic E-state index is 0.0965. The van der Waals surface area contributed by atoms with E-state index in [0.717, 1.165) is 4.47 Å². The Balaban J connectivity index is 3.17. The van der Waals surface area contributed by atoms with Gasteiger partial charge in [-0.1, -0.05) is 15.9 Å². The molecule has 0 aliphatic rings. The summed E-state index contributed by atoms with van der Waals surface area (Å²) in [5, 5.41) is 11.9. The average Bonchev–Trinajstić information content (AvgIpc) is 2.28. The number of nitrogens with zero attached hydrogens (tertiary/aromatic N) is 1. The highest BCUT2D eigenvalue weighted by molar-refractivity contribution is 9.10. The van der Waals surface area contributed by atoms with Crippen LogP contribution in [0.15, 0.2) is 44.7 Å². The lowest BCUT2D eigenvalue weighted by atomic mass is 10.1. The van der Waals surface area contributed by atoms with Crippen LogP contribution in [0.5, 0.6) is 0 Å². The van der Waals surface area contributed by atoms with Crippen LogP contribution >= 0.6 is 15.9 Å². The van der Waals surface area contributed by atoms with Crippen LogP contribution in [-0.2, 0) is 9.84 Å². The van der Waals surface area contributed by atoms with Gasteiger partial charge in [-0.15, -0.1) is 0 Å². The lowest BCUT2D eigenvalue weighted by Gasteiger charge is -2.18.